The Bertz CT molecular complexity index is 792. The number of Topliss-reactive ketones (excluding diaryl/α,β-unsaturated/α-hetero) is 1. The maximum atomic E-state index is 12.8. The van der Waals surface area contributed by atoms with Crippen molar-refractivity contribution in [1.82, 2.24) is 0 Å². The SMILES string of the molecule is Cc1sc([C@@H]2C(C#N)=C(N)OC3=C2C(=O)CC(C)(C)C3)cc1Br. The Labute approximate surface area is 147 Å². The zero-order chi connectivity index (χ0) is 16.9. The summed E-state index contributed by atoms with van der Waals surface area (Å²) in [6.07, 6.45) is 1.10. The van der Waals surface area contributed by atoms with E-state index in [1.54, 1.807) is 11.3 Å². The molecule has 0 fully saturated rings. The normalized spacial score (nSPS) is 23.4. The van der Waals surface area contributed by atoms with Crippen LogP contribution in [0.25, 0.3) is 0 Å². The van der Waals surface area contributed by atoms with E-state index < -0.39 is 5.92 Å². The van der Waals surface area contributed by atoms with E-state index in [-0.39, 0.29) is 17.1 Å². The molecule has 0 spiro atoms. The average Bonchev–Trinajstić information content (AvgIpc) is 2.75. The van der Waals surface area contributed by atoms with Crippen molar-refractivity contribution in [1.29, 1.82) is 5.26 Å². The summed E-state index contributed by atoms with van der Waals surface area (Å²) in [5.41, 5.74) is 6.75. The standard InChI is InChI=1S/C17H17BrN2O2S/c1-8-10(18)4-13(23-8)14-9(7-19)16(20)22-12-6-17(2,3)5-11(21)15(12)14/h4,14H,5-6,20H2,1-3H3/t14-/m0/s1. The zero-order valence-electron chi connectivity index (χ0n) is 13.2. The van der Waals surface area contributed by atoms with E-state index in [2.05, 4.69) is 22.0 Å². The highest BCUT2D eigenvalue weighted by Crippen LogP contribution is 2.49. The number of allylic oxidation sites excluding steroid dienone is 3. The van der Waals surface area contributed by atoms with Crippen LogP contribution in [-0.2, 0) is 9.53 Å². The first-order chi connectivity index (χ1) is 10.7. The molecule has 0 saturated heterocycles. The van der Waals surface area contributed by atoms with Crippen molar-refractivity contribution in [2.75, 3.05) is 0 Å². The van der Waals surface area contributed by atoms with Crippen molar-refractivity contribution in [3.63, 3.8) is 0 Å². The molecule has 1 atom stereocenters. The first-order valence-corrected chi connectivity index (χ1v) is 8.94. The third kappa shape index (κ3) is 2.73. The third-order valence-corrected chi connectivity index (χ3v) is 6.44. The summed E-state index contributed by atoms with van der Waals surface area (Å²) in [4.78, 5) is 14.8. The van der Waals surface area contributed by atoms with Gasteiger partial charge in [-0.15, -0.1) is 11.3 Å². The molecule has 1 aliphatic carbocycles. The van der Waals surface area contributed by atoms with Crippen LogP contribution in [0.2, 0.25) is 0 Å². The lowest BCUT2D eigenvalue weighted by Crippen LogP contribution is -2.33. The molecule has 2 N–H and O–H groups in total. The van der Waals surface area contributed by atoms with Crippen LogP contribution in [0, 0.1) is 23.7 Å². The summed E-state index contributed by atoms with van der Waals surface area (Å²) in [5.74, 6) is 0.366. The highest BCUT2D eigenvalue weighted by atomic mass is 79.9. The molecule has 4 nitrogen and oxygen atoms in total. The topological polar surface area (TPSA) is 76.1 Å². The van der Waals surface area contributed by atoms with Gasteiger partial charge in [0.05, 0.1) is 5.92 Å². The fourth-order valence-corrected chi connectivity index (χ4v) is 4.87. The minimum Gasteiger partial charge on any atom is -0.444 e. The number of nitrogens with zero attached hydrogens (tertiary/aromatic N) is 1. The Morgan fingerprint density at radius 3 is 2.74 bits per heavy atom. The molecule has 1 aliphatic heterocycles. The summed E-state index contributed by atoms with van der Waals surface area (Å²) in [6, 6.07) is 4.11. The molecule has 6 heteroatoms. The number of carbonyl (C=O) groups is 1. The monoisotopic (exact) mass is 392 g/mol. The second-order valence-electron chi connectivity index (χ2n) is 6.76. The molecule has 1 aromatic heterocycles. The van der Waals surface area contributed by atoms with E-state index in [0.717, 1.165) is 14.2 Å². The zero-order valence-corrected chi connectivity index (χ0v) is 15.6. The highest BCUT2D eigenvalue weighted by molar-refractivity contribution is 9.10. The van der Waals surface area contributed by atoms with Crippen molar-refractivity contribution < 1.29 is 9.53 Å². The fraction of sp³-hybridized carbons (Fsp3) is 0.412. The number of rotatable bonds is 1. The number of nitrogens with two attached hydrogens (primary N) is 1. The molecular formula is C17H17BrN2O2S. The minimum atomic E-state index is -0.414. The lowest BCUT2D eigenvalue weighted by Gasteiger charge is -2.36. The maximum absolute atomic E-state index is 12.8. The Hall–Kier alpha value is -1.58. The van der Waals surface area contributed by atoms with Crippen molar-refractivity contribution >= 4 is 33.0 Å². The van der Waals surface area contributed by atoms with Crippen LogP contribution >= 0.6 is 27.3 Å². The lowest BCUT2D eigenvalue weighted by molar-refractivity contribution is -0.119. The first-order valence-electron chi connectivity index (χ1n) is 7.33. The molecule has 0 saturated carbocycles. The number of hydrogen-bond acceptors (Lipinski definition) is 5. The molecule has 0 unspecified atom stereocenters. The maximum Gasteiger partial charge on any atom is 0.205 e. The highest BCUT2D eigenvalue weighted by Gasteiger charge is 2.43. The van der Waals surface area contributed by atoms with E-state index in [1.165, 1.54) is 0 Å². The molecular weight excluding hydrogens is 376 g/mol. The molecule has 1 aromatic rings. The van der Waals surface area contributed by atoms with Crippen LogP contribution in [0.15, 0.2) is 33.3 Å². The van der Waals surface area contributed by atoms with Crippen LogP contribution in [-0.4, -0.2) is 5.78 Å². The van der Waals surface area contributed by atoms with Gasteiger partial charge in [0.25, 0.3) is 0 Å². The second kappa shape index (κ2) is 5.50. The van der Waals surface area contributed by atoms with Crippen molar-refractivity contribution in [3.05, 3.63) is 43.1 Å². The largest absolute Gasteiger partial charge is 0.444 e. The van der Waals surface area contributed by atoms with Crippen molar-refractivity contribution in [3.8, 4) is 6.07 Å². The molecule has 3 rings (SSSR count). The second-order valence-corrected chi connectivity index (χ2v) is 8.90. The fourth-order valence-electron chi connectivity index (χ4n) is 3.19. The van der Waals surface area contributed by atoms with Gasteiger partial charge in [0.1, 0.15) is 17.4 Å². The van der Waals surface area contributed by atoms with Crippen molar-refractivity contribution in [2.45, 2.75) is 39.5 Å². The number of thiophene rings is 1. The Morgan fingerprint density at radius 1 is 1.48 bits per heavy atom. The number of carbonyl (C=O) groups excluding carboxylic acids is 1. The Morgan fingerprint density at radius 2 is 2.17 bits per heavy atom. The van der Waals surface area contributed by atoms with Gasteiger partial charge in [0.15, 0.2) is 5.78 Å². The van der Waals surface area contributed by atoms with Gasteiger partial charge < -0.3 is 10.5 Å². The van der Waals surface area contributed by atoms with Gasteiger partial charge in [-0.3, -0.25) is 4.79 Å². The quantitative estimate of drug-likeness (QED) is 0.773. The van der Waals surface area contributed by atoms with Crippen LogP contribution < -0.4 is 5.73 Å². The Kier molecular flexibility index (Phi) is 3.89. The van der Waals surface area contributed by atoms with Gasteiger partial charge in [-0.1, -0.05) is 13.8 Å². The van der Waals surface area contributed by atoms with Gasteiger partial charge in [-0.2, -0.15) is 5.26 Å². The smallest absolute Gasteiger partial charge is 0.205 e. The summed E-state index contributed by atoms with van der Waals surface area (Å²) in [6.45, 7) is 6.08. The first kappa shape index (κ1) is 16.3. The van der Waals surface area contributed by atoms with E-state index in [9.17, 15) is 10.1 Å². The van der Waals surface area contributed by atoms with E-state index in [1.807, 2.05) is 26.8 Å². The van der Waals surface area contributed by atoms with Gasteiger partial charge in [-0.05, 0) is 34.3 Å². The molecule has 0 amide bonds. The van der Waals surface area contributed by atoms with Gasteiger partial charge in [0, 0.05) is 32.6 Å². The predicted octanol–water partition coefficient (Wildman–Crippen LogP) is 4.27. The number of ketones is 1. The third-order valence-electron chi connectivity index (χ3n) is 4.24. The number of aryl methyl sites for hydroxylation is 1. The minimum absolute atomic E-state index is 0.0451. The number of hydrogen-bond donors (Lipinski definition) is 1. The Balaban J connectivity index is 2.19. The van der Waals surface area contributed by atoms with Crippen LogP contribution in [0.4, 0.5) is 0 Å². The van der Waals surface area contributed by atoms with Gasteiger partial charge in [0.2, 0.25) is 5.88 Å². The molecule has 0 aromatic carbocycles. The molecule has 23 heavy (non-hydrogen) atoms. The summed E-state index contributed by atoms with van der Waals surface area (Å²) in [5, 5.41) is 9.54. The predicted molar refractivity (Wildman–Crippen MR) is 92.5 cm³/mol. The number of nitriles is 1. The van der Waals surface area contributed by atoms with Crippen LogP contribution in [0.3, 0.4) is 0 Å². The average molecular weight is 393 g/mol. The van der Waals surface area contributed by atoms with E-state index >= 15 is 0 Å². The van der Waals surface area contributed by atoms with Gasteiger partial charge >= 0.3 is 0 Å². The van der Waals surface area contributed by atoms with E-state index in [0.29, 0.717) is 29.7 Å². The molecule has 0 bridgehead atoms. The number of halogens is 1. The molecule has 0 radical (unpaired) electrons. The molecule has 120 valence electrons. The summed E-state index contributed by atoms with van der Waals surface area (Å²) < 4.78 is 6.65. The van der Waals surface area contributed by atoms with E-state index in [4.69, 9.17) is 10.5 Å². The lowest BCUT2D eigenvalue weighted by atomic mass is 9.71. The molecule has 2 aliphatic rings. The molecule has 2 heterocycles. The van der Waals surface area contributed by atoms with Crippen LogP contribution in [0.1, 0.15) is 42.4 Å². The van der Waals surface area contributed by atoms with Crippen molar-refractivity contribution in [2.24, 2.45) is 11.1 Å². The summed E-state index contributed by atoms with van der Waals surface area (Å²) in [7, 11) is 0. The number of ether oxygens (including phenoxy) is 1. The van der Waals surface area contributed by atoms with Gasteiger partial charge in [-0.25, -0.2) is 0 Å². The summed E-state index contributed by atoms with van der Waals surface area (Å²) >= 11 is 5.08. The van der Waals surface area contributed by atoms with Crippen LogP contribution in [0.5, 0.6) is 0 Å².